The largest absolute Gasteiger partial charge is 0.317 e. The minimum Gasteiger partial charge on any atom is -0.317 e. The van der Waals surface area contributed by atoms with Crippen molar-refractivity contribution in [2.75, 3.05) is 14.1 Å². The second-order valence-corrected chi connectivity index (χ2v) is 7.78. The van der Waals surface area contributed by atoms with Gasteiger partial charge in [-0.2, -0.15) is 0 Å². The Bertz CT molecular complexity index is 269. The smallest absolute Gasteiger partial charge is 0.00977 e. The van der Waals surface area contributed by atoms with Crippen molar-refractivity contribution in [3.8, 4) is 0 Å². The molecule has 0 aromatic carbocycles. The van der Waals surface area contributed by atoms with E-state index in [1.165, 1.54) is 57.8 Å². The molecule has 2 saturated carbocycles. The maximum Gasteiger partial charge on any atom is 0.00977 e. The highest BCUT2D eigenvalue weighted by Crippen LogP contribution is 2.34. The lowest BCUT2D eigenvalue weighted by molar-refractivity contribution is 0.0829. The van der Waals surface area contributed by atoms with Gasteiger partial charge in [0.15, 0.2) is 0 Å². The first-order chi connectivity index (χ1) is 9.60. The minimum absolute atomic E-state index is 0.777. The Kier molecular flexibility index (Phi) is 6.35. The third-order valence-electron chi connectivity index (χ3n) is 5.82. The molecule has 2 unspecified atom stereocenters. The molecule has 0 amide bonds. The summed E-state index contributed by atoms with van der Waals surface area (Å²) in [4.78, 5) is 2.76. The van der Waals surface area contributed by atoms with Gasteiger partial charge in [0, 0.05) is 18.1 Å². The van der Waals surface area contributed by atoms with E-state index in [0.29, 0.717) is 0 Å². The summed E-state index contributed by atoms with van der Waals surface area (Å²) in [6.45, 7) is 4.76. The number of nitrogens with one attached hydrogen (secondary N) is 1. The number of nitrogens with zero attached hydrogens (tertiary/aromatic N) is 1. The molecule has 0 bridgehead atoms. The fourth-order valence-electron chi connectivity index (χ4n) is 4.58. The molecule has 2 rings (SSSR count). The van der Waals surface area contributed by atoms with Crippen molar-refractivity contribution in [2.24, 2.45) is 11.8 Å². The molecule has 2 aliphatic carbocycles. The van der Waals surface area contributed by atoms with Gasteiger partial charge < -0.3 is 10.2 Å². The van der Waals surface area contributed by atoms with E-state index in [9.17, 15) is 0 Å². The van der Waals surface area contributed by atoms with Crippen molar-refractivity contribution in [3.63, 3.8) is 0 Å². The van der Waals surface area contributed by atoms with Crippen molar-refractivity contribution in [1.29, 1.82) is 0 Å². The van der Waals surface area contributed by atoms with E-state index in [2.05, 4.69) is 38.2 Å². The molecule has 0 spiro atoms. The zero-order chi connectivity index (χ0) is 14.5. The summed E-state index contributed by atoms with van der Waals surface area (Å²) >= 11 is 0. The van der Waals surface area contributed by atoms with Gasteiger partial charge in [-0.15, -0.1) is 0 Å². The van der Waals surface area contributed by atoms with Crippen LogP contribution in [0.3, 0.4) is 0 Å². The highest BCUT2D eigenvalue weighted by Gasteiger charge is 2.30. The van der Waals surface area contributed by atoms with Gasteiger partial charge in [-0.1, -0.05) is 26.7 Å². The summed E-state index contributed by atoms with van der Waals surface area (Å²) in [6, 6.07) is 2.49. The molecular weight excluding hydrogens is 244 g/mol. The Morgan fingerprint density at radius 1 is 1.00 bits per heavy atom. The lowest BCUT2D eigenvalue weighted by Gasteiger charge is -2.42. The van der Waals surface area contributed by atoms with Crippen LogP contribution in [0.5, 0.6) is 0 Å². The molecule has 0 aromatic rings. The molecule has 118 valence electrons. The first-order valence-electron chi connectivity index (χ1n) is 8.99. The number of rotatable bonds is 5. The predicted molar refractivity (Wildman–Crippen MR) is 88.1 cm³/mol. The van der Waals surface area contributed by atoms with Gasteiger partial charge in [0.25, 0.3) is 0 Å². The van der Waals surface area contributed by atoms with Crippen LogP contribution in [-0.2, 0) is 0 Å². The Morgan fingerprint density at radius 2 is 1.70 bits per heavy atom. The zero-order valence-corrected chi connectivity index (χ0v) is 14.2. The fourth-order valence-corrected chi connectivity index (χ4v) is 4.58. The maximum atomic E-state index is 3.45. The molecular formula is C18H36N2. The number of hydrogen-bond acceptors (Lipinski definition) is 2. The second kappa shape index (κ2) is 7.79. The topological polar surface area (TPSA) is 15.3 Å². The lowest BCUT2D eigenvalue weighted by atomic mass is 9.79. The van der Waals surface area contributed by atoms with Crippen LogP contribution < -0.4 is 5.32 Å². The van der Waals surface area contributed by atoms with Crippen LogP contribution in [-0.4, -0.2) is 37.1 Å². The molecule has 2 atom stereocenters. The summed E-state index contributed by atoms with van der Waals surface area (Å²) in [5.41, 5.74) is 0. The minimum atomic E-state index is 0.777. The van der Waals surface area contributed by atoms with Crippen molar-refractivity contribution < 1.29 is 0 Å². The third-order valence-corrected chi connectivity index (χ3v) is 5.82. The summed E-state index contributed by atoms with van der Waals surface area (Å²) in [6.07, 6.45) is 12.8. The molecule has 2 nitrogen and oxygen atoms in total. The van der Waals surface area contributed by atoms with Crippen molar-refractivity contribution in [2.45, 2.75) is 89.8 Å². The van der Waals surface area contributed by atoms with Gasteiger partial charge in [0.1, 0.15) is 0 Å². The molecule has 1 N–H and O–H groups in total. The first-order valence-corrected chi connectivity index (χ1v) is 8.99. The van der Waals surface area contributed by atoms with Gasteiger partial charge in [-0.05, 0) is 70.9 Å². The molecule has 2 aliphatic rings. The molecule has 20 heavy (non-hydrogen) atoms. The van der Waals surface area contributed by atoms with E-state index in [0.717, 1.165) is 30.0 Å². The van der Waals surface area contributed by atoms with Gasteiger partial charge in [-0.25, -0.2) is 0 Å². The van der Waals surface area contributed by atoms with E-state index >= 15 is 0 Å². The van der Waals surface area contributed by atoms with Crippen molar-refractivity contribution in [3.05, 3.63) is 0 Å². The Hall–Kier alpha value is -0.0800. The molecule has 0 aliphatic heterocycles. The van der Waals surface area contributed by atoms with E-state index in [1.807, 2.05) is 0 Å². The lowest BCUT2D eigenvalue weighted by Crippen LogP contribution is -2.46. The SMILES string of the molecule is CNC1CCC(N(C)C2CCCC(CC(C)C)C2)CC1. The highest BCUT2D eigenvalue weighted by molar-refractivity contribution is 4.87. The Balaban J connectivity index is 1.81. The molecule has 0 saturated heterocycles. The van der Waals surface area contributed by atoms with Crippen LogP contribution >= 0.6 is 0 Å². The molecule has 2 fully saturated rings. The van der Waals surface area contributed by atoms with Crippen molar-refractivity contribution >= 4 is 0 Å². The van der Waals surface area contributed by atoms with E-state index in [1.54, 1.807) is 0 Å². The molecule has 0 aromatic heterocycles. The summed E-state index contributed by atoms with van der Waals surface area (Å²) in [5.74, 6) is 1.86. The van der Waals surface area contributed by atoms with Crippen LogP contribution in [0.1, 0.15) is 71.6 Å². The summed E-state index contributed by atoms with van der Waals surface area (Å²) in [5, 5.41) is 3.45. The highest BCUT2D eigenvalue weighted by atomic mass is 15.2. The van der Waals surface area contributed by atoms with Crippen LogP contribution in [0.4, 0.5) is 0 Å². The zero-order valence-electron chi connectivity index (χ0n) is 14.2. The second-order valence-electron chi connectivity index (χ2n) is 7.78. The van der Waals surface area contributed by atoms with Gasteiger partial charge in [0.05, 0.1) is 0 Å². The normalized spacial score (nSPS) is 35.7. The standard InChI is InChI=1S/C18H36N2/c1-14(2)12-15-6-5-7-18(13-15)20(4)17-10-8-16(19-3)9-11-17/h14-19H,5-13H2,1-4H3. The maximum absolute atomic E-state index is 3.45. The van der Waals surface area contributed by atoms with Crippen molar-refractivity contribution in [1.82, 2.24) is 10.2 Å². The average molecular weight is 280 g/mol. The monoisotopic (exact) mass is 280 g/mol. The summed E-state index contributed by atoms with van der Waals surface area (Å²) < 4.78 is 0. The van der Waals surface area contributed by atoms with E-state index in [4.69, 9.17) is 0 Å². The quantitative estimate of drug-likeness (QED) is 0.817. The Morgan fingerprint density at radius 3 is 2.30 bits per heavy atom. The van der Waals surface area contributed by atoms with Crippen LogP contribution in [0.25, 0.3) is 0 Å². The van der Waals surface area contributed by atoms with Crippen LogP contribution in [0.15, 0.2) is 0 Å². The first kappa shape index (κ1) is 16.3. The summed E-state index contributed by atoms with van der Waals surface area (Å²) in [7, 11) is 4.53. The van der Waals surface area contributed by atoms with Gasteiger partial charge >= 0.3 is 0 Å². The average Bonchev–Trinajstić information content (AvgIpc) is 2.46. The van der Waals surface area contributed by atoms with Crippen LogP contribution in [0, 0.1) is 11.8 Å². The van der Waals surface area contributed by atoms with E-state index < -0.39 is 0 Å². The van der Waals surface area contributed by atoms with Crippen LogP contribution in [0.2, 0.25) is 0 Å². The third kappa shape index (κ3) is 4.46. The fraction of sp³-hybridized carbons (Fsp3) is 1.00. The molecule has 0 radical (unpaired) electrons. The molecule has 2 heteroatoms. The Labute approximate surface area is 126 Å². The molecule has 0 heterocycles. The predicted octanol–water partition coefficient (Wildman–Crippen LogP) is 4.05. The van der Waals surface area contributed by atoms with Gasteiger partial charge in [0.2, 0.25) is 0 Å². The van der Waals surface area contributed by atoms with E-state index in [-0.39, 0.29) is 0 Å². The van der Waals surface area contributed by atoms with Gasteiger partial charge in [-0.3, -0.25) is 0 Å². The number of hydrogen-bond donors (Lipinski definition) is 1.